The Kier molecular flexibility index (Phi) is 9.01. The fourth-order valence-electron chi connectivity index (χ4n) is 5.03. The highest BCUT2D eigenvalue weighted by molar-refractivity contribution is 7.07. The fraction of sp³-hybridized carbons (Fsp3) is 0.206. The van der Waals surface area contributed by atoms with E-state index in [2.05, 4.69) is 11.6 Å². The number of thiazole rings is 1. The molecule has 1 aromatic heterocycles. The van der Waals surface area contributed by atoms with Crippen LogP contribution in [0.5, 0.6) is 5.75 Å². The van der Waals surface area contributed by atoms with Gasteiger partial charge in [-0.05, 0) is 79.8 Å². The summed E-state index contributed by atoms with van der Waals surface area (Å²) in [6.45, 7) is 9.80. The third kappa shape index (κ3) is 6.30. The van der Waals surface area contributed by atoms with Crippen LogP contribution in [0.25, 0.3) is 6.08 Å². The minimum absolute atomic E-state index is 0.0215. The molecular formula is C34H31N3O6S. The number of nitro benzene ring substituents is 1. The minimum Gasteiger partial charge on any atom is -0.489 e. The highest BCUT2D eigenvalue weighted by atomic mass is 32.1. The van der Waals surface area contributed by atoms with Gasteiger partial charge < -0.3 is 9.47 Å². The Bertz CT molecular complexity index is 1950. The Hall–Kier alpha value is -5.09. The van der Waals surface area contributed by atoms with Crippen LogP contribution in [0.3, 0.4) is 0 Å². The molecule has 0 bridgehead atoms. The van der Waals surface area contributed by atoms with Crippen LogP contribution < -0.4 is 19.6 Å². The monoisotopic (exact) mass is 609 g/mol. The molecule has 0 fully saturated rings. The number of aromatic nitrogens is 1. The number of hydrogen-bond acceptors (Lipinski definition) is 8. The lowest BCUT2D eigenvalue weighted by atomic mass is 9.95. The van der Waals surface area contributed by atoms with Gasteiger partial charge in [-0.1, -0.05) is 53.3 Å². The predicted octanol–water partition coefficient (Wildman–Crippen LogP) is 5.32. The van der Waals surface area contributed by atoms with Crippen LogP contribution in [-0.4, -0.2) is 22.1 Å². The number of non-ortho nitro benzene ring substituents is 1. The predicted molar refractivity (Wildman–Crippen MR) is 169 cm³/mol. The van der Waals surface area contributed by atoms with Gasteiger partial charge in [-0.25, -0.2) is 9.79 Å². The number of benzene rings is 3. The summed E-state index contributed by atoms with van der Waals surface area (Å²) in [5, 5.41) is 10.9. The van der Waals surface area contributed by atoms with Crippen LogP contribution in [0.2, 0.25) is 0 Å². The number of fused-ring (bicyclic) bond motifs is 1. The second kappa shape index (κ2) is 13.0. The van der Waals surface area contributed by atoms with Crippen LogP contribution >= 0.6 is 11.3 Å². The lowest BCUT2D eigenvalue weighted by Crippen LogP contribution is -2.39. The zero-order valence-corrected chi connectivity index (χ0v) is 25.4. The van der Waals surface area contributed by atoms with Crippen molar-refractivity contribution >= 4 is 29.1 Å². The van der Waals surface area contributed by atoms with Crippen molar-refractivity contribution in [3.8, 4) is 5.75 Å². The van der Waals surface area contributed by atoms with Crippen molar-refractivity contribution in [3.05, 3.63) is 148 Å². The maximum Gasteiger partial charge on any atom is 0.338 e. The van der Waals surface area contributed by atoms with Gasteiger partial charge in [0.25, 0.3) is 11.2 Å². The van der Waals surface area contributed by atoms with E-state index in [1.165, 1.54) is 23.5 Å². The van der Waals surface area contributed by atoms with Gasteiger partial charge in [0.1, 0.15) is 12.4 Å². The van der Waals surface area contributed by atoms with Crippen LogP contribution in [0.4, 0.5) is 5.69 Å². The second-order valence-corrected chi connectivity index (χ2v) is 11.3. The van der Waals surface area contributed by atoms with Gasteiger partial charge in [0, 0.05) is 12.1 Å². The first-order valence-electron chi connectivity index (χ1n) is 14.1. The van der Waals surface area contributed by atoms with Gasteiger partial charge >= 0.3 is 5.97 Å². The topological polar surface area (TPSA) is 113 Å². The van der Waals surface area contributed by atoms with E-state index >= 15 is 0 Å². The summed E-state index contributed by atoms with van der Waals surface area (Å²) in [5.74, 6) is 0.155. The quantitative estimate of drug-likeness (QED) is 0.104. The van der Waals surface area contributed by atoms with Crippen LogP contribution in [0, 0.1) is 17.0 Å². The number of allylic oxidation sites excluding steroid dienone is 2. The SMILES string of the molecule is C=CCc1cc(/C=c2/sc3n(c2=O)[C@H](c2ccc(C)cc2)C(C(=O)OCC)=C(C)N=3)ccc1OCc1ccc([N+](=O)[O-])cc1. The molecule has 9 nitrogen and oxygen atoms in total. The van der Waals surface area contributed by atoms with Gasteiger partial charge in [-0.15, -0.1) is 6.58 Å². The molecular weight excluding hydrogens is 578 g/mol. The Balaban J connectivity index is 1.51. The molecule has 1 atom stereocenters. The number of esters is 1. The Morgan fingerprint density at radius 2 is 1.84 bits per heavy atom. The number of hydrogen-bond donors (Lipinski definition) is 0. The number of carbonyl (C=O) groups is 1. The van der Waals surface area contributed by atoms with Crippen molar-refractivity contribution in [2.45, 2.75) is 39.8 Å². The summed E-state index contributed by atoms with van der Waals surface area (Å²) >= 11 is 1.27. The second-order valence-electron chi connectivity index (χ2n) is 10.3. The van der Waals surface area contributed by atoms with Gasteiger partial charge in [0.15, 0.2) is 4.80 Å². The van der Waals surface area contributed by atoms with E-state index in [9.17, 15) is 19.7 Å². The van der Waals surface area contributed by atoms with Crippen LogP contribution in [-0.2, 0) is 22.6 Å². The number of rotatable bonds is 10. The number of carbonyl (C=O) groups excluding carboxylic acids is 1. The smallest absolute Gasteiger partial charge is 0.338 e. The minimum atomic E-state index is -0.667. The number of ether oxygens (including phenoxy) is 2. The number of nitro groups is 1. The summed E-state index contributed by atoms with van der Waals surface area (Å²) in [5.41, 5.74) is 4.96. The molecule has 0 N–H and O–H groups in total. The Labute approximate surface area is 257 Å². The highest BCUT2D eigenvalue weighted by Gasteiger charge is 2.33. The summed E-state index contributed by atoms with van der Waals surface area (Å²) in [7, 11) is 0. The third-order valence-corrected chi connectivity index (χ3v) is 8.18. The van der Waals surface area contributed by atoms with Gasteiger partial charge in [-0.3, -0.25) is 19.5 Å². The maximum atomic E-state index is 13.9. The van der Waals surface area contributed by atoms with Gasteiger partial charge in [0.05, 0.1) is 33.4 Å². The van der Waals surface area contributed by atoms with E-state index in [0.717, 1.165) is 27.8 Å². The summed E-state index contributed by atoms with van der Waals surface area (Å²) in [4.78, 5) is 42.7. The van der Waals surface area contributed by atoms with E-state index < -0.39 is 16.9 Å². The molecule has 0 radical (unpaired) electrons. The molecule has 0 saturated carbocycles. The summed E-state index contributed by atoms with van der Waals surface area (Å²) in [6.07, 6.45) is 4.12. The molecule has 0 unspecified atom stereocenters. The van der Waals surface area contributed by atoms with E-state index in [0.29, 0.717) is 32.8 Å². The Morgan fingerprint density at radius 1 is 1.11 bits per heavy atom. The first-order valence-corrected chi connectivity index (χ1v) is 14.9. The third-order valence-electron chi connectivity index (χ3n) is 7.20. The van der Waals surface area contributed by atoms with E-state index in [1.807, 2.05) is 55.5 Å². The molecule has 4 aromatic rings. The lowest BCUT2D eigenvalue weighted by Gasteiger charge is -2.24. The zero-order valence-electron chi connectivity index (χ0n) is 24.6. The molecule has 10 heteroatoms. The molecule has 3 aromatic carbocycles. The first kappa shape index (κ1) is 30.4. The molecule has 224 valence electrons. The summed E-state index contributed by atoms with van der Waals surface area (Å²) in [6, 6.07) is 19.0. The van der Waals surface area contributed by atoms with Crippen molar-refractivity contribution in [1.82, 2.24) is 4.57 Å². The normalized spacial score (nSPS) is 14.5. The van der Waals surface area contributed by atoms with E-state index in [1.54, 1.807) is 36.6 Å². The molecule has 0 saturated heterocycles. The van der Waals surface area contributed by atoms with Gasteiger partial charge in [0.2, 0.25) is 0 Å². The molecule has 1 aliphatic heterocycles. The van der Waals surface area contributed by atoms with Crippen LogP contribution in [0.15, 0.2) is 100 Å². The van der Waals surface area contributed by atoms with Crippen molar-refractivity contribution in [3.63, 3.8) is 0 Å². The van der Waals surface area contributed by atoms with Crippen molar-refractivity contribution in [1.29, 1.82) is 0 Å². The largest absolute Gasteiger partial charge is 0.489 e. The number of nitrogens with zero attached hydrogens (tertiary/aromatic N) is 3. The molecule has 0 amide bonds. The van der Waals surface area contributed by atoms with E-state index in [4.69, 9.17) is 9.47 Å². The van der Waals surface area contributed by atoms with Crippen molar-refractivity contribution in [2.24, 2.45) is 4.99 Å². The summed E-state index contributed by atoms with van der Waals surface area (Å²) < 4.78 is 13.5. The Morgan fingerprint density at radius 3 is 2.50 bits per heavy atom. The average Bonchev–Trinajstić information content (AvgIpc) is 3.30. The van der Waals surface area contributed by atoms with E-state index in [-0.39, 0.29) is 24.5 Å². The fourth-order valence-corrected chi connectivity index (χ4v) is 6.07. The van der Waals surface area contributed by atoms with Crippen molar-refractivity contribution in [2.75, 3.05) is 6.61 Å². The van der Waals surface area contributed by atoms with Gasteiger partial charge in [-0.2, -0.15) is 0 Å². The maximum absolute atomic E-state index is 13.9. The molecule has 0 aliphatic carbocycles. The molecule has 2 heterocycles. The molecule has 0 spiro atoms. The van der Waals surface area contributed by atoms with Crippen molar-refractivity contribution < 1.29 is 19.2 Å². The van der Waals surface area contributed by atoms with Crippen LogP contribution in [0.1, 0.15) is 47.7 Å². The molecule has 1 aliphatic rings. The first-order chi connectivity index (χ1) is 21.2. The average molecular weight is 610 g/mol. The lowest BCUT2D eigenvalue weighted by molar-refractivity contribution is -0.384. The zero-order chi connectivity index (χ0) is 31.4. The standard InChI is InChI=1S/C34H31N3O6S/c1-5-7-26-18-24(12-17-28(26)43-20-23-10-15-27(16-11-23)37(40)41)19-29-32(38)36-31(25-13-8-21(3)9-14-25)30(33(39)42-6-2)22(4)35-34(36)44-29/h5,8-19,31H,1,6-7,20H2,2-4H3/b29-19+/t31-/m1/s1. The molecule has 44 heavy (non-hydrogen) atoms. The highest BCUT2D eigenvalue weighted by Crippen LogP contribution is 2.31. The molecule has 5 rings (SSSR count). The number of aryl methyl sites for hydroxylation is 1.